The van der Waals surface area contributed by atoms with Crippen molar-refractivity contribution in [1.29, 1.82) is 0 Å². The molecule has 0 radical (unpaired) electrons. The third-order valence-electron chi connectivity index (χ3n) is 23.6. The lowest BCUT2D eigenvalue weighted by atomic mass is 9.33. The number of anilines is 6. The molecule has 11 aromatic carbocycles. The van der Waals surface area contributed by atoms with Crippen molar-refractivity contribution >= 4 is 79.0 Å². The van der Waals surface area contributed by atoms with Crippen molar-refractivity contribution in [3.63, 3.8) is 0 Å². The Bertz CT molecular complexity index is 5200. The first-order valence-corrected chi connectivity index (χ1v) is 36.3. The second kappa shape index (κ2) is 22.2. The normalized spacial score (nSPS) is 16.5. The van der Waals surface area contributed by atoms with Crippen LogP contribution in [0.4, 0.5) is 34.1 Å². The van der Waals surface area contributed by atoms with Crippen molar-refractivity contribution in [3.05, 3.63) is 263 Å². The van der Waals surface area contributed by atoms with Gasteiger partial charge in [0.2, 0.25) is 0 Å². The number of nitrogens with zero attached hydrogens (tertiary/aromatic N) is 3. The molecular formula is C94H96BN3. The molecule has 3 heterocycles. The van der Waals surface area contributed by atoms with Gasteiger partial charge in [-0.25, -0.2) is 0 Å². The van der Waals surface area contributed by atoms with E-state index in [1.807, 2.05) is 0 Å². The lowest BCUT2D eigenvalue weighted by molar-refractivity contribution is 0.332. The summed E-state index contributed by atoms with van der Waals surface area (Å²) in [6, 6.07) is 88.5. The smallest absolute Gasteiger partial charge is 0.252 e. The predicted molar refractivity (Wildman–Crippen MR) is 423 cm³/mol. The molecule has 2 aliphatic carbocycles. The van der Waals surface area contributed by atoms with Gasteiger partial charge < -0.3 is 14.4 Å². The largest absolute Gasteiger partial charge is 0.311 e. The summed E-state index contributed by atoms with van der Waals surface area (Å²) in [6.45, 7) is 40.3. The first-order chi connectivity index (χ1) is 46.4. The molecular weight excluding hydrogens is 1180 g/mol. The van der Waals surface area contributed by atoms with E-state index in [0.29, 0.717) is 0 Å². The quantitative estimate of drug-likeness (QED) is 0.147. The van der Waals surface area contributed by atoms with Gasteiger partial charge in [-0.1, -0.05) is 269 Å². The van der Waals surface area contributed by atoms with E-state index >= 15 is 0 Å². The summed E-state index contributed by atoms with van der Waals surface area (Å²) in [5.74, 6) is 0. The summed E-state index contributed by atoms with van der Waals surface area (Å²) >= 11 is 0. The Kier molecular flexibility index (Phi) is 14.4. The second-order valence-corrected chi connectivity index (χ2v) is 35.2. The van der Waals surface area contributed by atoms with Crippen LogP contribution in [0.3, 0.4) is 0 Å². The van der Waals surface area contributed by atoms with Crippen molar-refractivity contribution < 1.29 is 0 Å². The van der Waals surface area contributed by atoms with Gasteiger partial charge in [-0.3, -0.25) is 0 Å². The lowest BCUT2D eigenvalue weighted by Gasteiger charge is -2.45. The van der Waals surface area contributed by atoms with Gasteiger partial charge in [0.25, 0.3) is 6.71 Å². The van der Waals surface area contributed by atoms with Crippen LogP contribution in [0.25, 0.3) is 72.0 Å². The summed E-state index contributed by atoms with van der Waals surface area (Å²) < 4.78 is 2.52. The van der Waals surface area contributed by atoms with E-state index in [4.69, 9.17) is 0 Å². The van der Waals surface area contributed by atoms with E-state index in [2.05, 4.69) is 357 Å². The third-order valence-corrected chi connectivity index (χ3v) is 23.6. The number of hydrogen-bond donors (Lipinski definition) is 0. The fourth-order valence-electron chi connectivity index (χ4n) is 17.4. The van der Waals surface area contributed by atoms with Crippen molar-refractivity contribution in [2.24, 2.45) is 0 Å². The summed E-state index contributed by atoms with van der Waals surface area (Å²) in [7, 11) is 0. The van der Waals surface area contributed by atoms with Gasteiger partial charge in [0.05, 0.1) is 11.0 Å². The lowest BCUT2D eigenvalue weighted by Crippen LogP contribution is -2.61. The number of rotatable bonds is 7. The van der Waals surface area contributed by atoms with Crippen LogP contribution in [0.5, 0.6) is 0 Å². The second-order valence-electron chi connectivity index (χ2n) is 35.2. The first-order valence-electron chi connectivity index (χ1n) is 36.3. The molecule has 4 heteroatoms. The van der Waals surface area contributed by atoms with Crippen LogP contribution in [0.15, 0.2) is 224 Å². The average molecular weight is 1280 g/mol. The maximum absolute atomic E-state index is 2.63. The summed E-state index contributed by atoms with van der Waals surface area (Å²) in [6.07, 6.45) is 4.74. The maximum Gasteiger partial charge on any atom is 0.252 e. The maximum atomic E-state index is 2.63. The number of benzene rings is 11. The van der Waals surface area contributed by atoms with E-state index in [9.17, 15) is 0 Å². The van der Waals surface area contributed by atoms with Crippen molar-refractivity contribution in [2.45, 2.75) is 181 Å². The molecule has 0 saturated carbocycles. The molecule has 16 rings (SSSR count). The number of para-hydroxylation sites is 1. The fraction of sp³-hybridized carbons (Fsp3) is 0.298. The van der Waals surface area contributed by atoms with Gasteiger partial charge in [-0.05, 0) is 236 Å². The van der Waals surface area contributed by atoms with E-state index in [-0.39, 0.29) is 44.6 Å². The SMILES string of the molecule is CC(C)(C)c1ccc(-c2cc3c4c(c2)N(c2ccc(-c5ccc6c(c5)C(C)(C)CCC6(C)C)cc2)c2cc(-n5c6ccccc6c6cc(C(C)(C)C)ccc65)ccc2B4c2ccc(-c4ccccc4C(C)(C)C)cc2N3c2ccc(-c3ccc4c(c3)C(C)(C)CCC4(C)C)cc2)cc1. The van der Waals surface area contributed by atoms with Gasteiger partial charge in [0.15, 0.2) is 0 Å². The molecule has 0 atom stereocenters. The van der Waals surface area contributed by atoms with E-state index in [1.54, 1.807) is 0 Å². The Hall–Kier alpha value is -9.12. The fourth-order valence-corrected chi connectivity index (χ4v) is 17.4. The number of hydrogen-bond acceptors (Lipinski definition) is 2. The Balaban J connectivity index is 0.962. The highest BCUT2D eigenvalue weighted by Crippen LogP contribution is 2.52. The minimum absolute atomic E-state index is 0.00297. The summed E-state index contributed by atoms with van der Waals surface area (Å²) in [4.78, 5) is 5.26. The molecule has 0 amide bonds. The first kappa shape index (κ1) is 63.6. The third kappa shape index (κ3) is 10.4. The molecule has 0 unspecified atom stereocenters. The number of aromatic nitrogens is 1. The van der Waals surface area contributed by atoms with E-state index in [0.717, 1.165) is 17.1 Å². The molecule has 1 aromatic heterocycles. The average Bonchev–Trinajstić information content (AvgIpc) is 0.715. The predicted octanol–water partition coefficient (Wildman–Crippen LogP) is 24.1. The topological polar surface area (TPSA) is 11.4 Å². The molecule has 0 bridgehead atoms. The molecule has 0 spiro atoms. The molecule has 12 aromatic rings. The monoisotopic (exact) mass is 1280 g/mol. The van der Waals surface area contributed by atoms with Gasteiger partial charge in [0.1, 0.15) is 0 Å². The van der Waals surface area contributed by atoms with Crippen LogP contribution in [0.2, 0.25) is 0 Å². The minimum atomic E-state index is -0.118. The molecule has 3 nitrogen and oxygen atoms in total. The van der Waals surface area contributed by atoms with Crippen molar-refractivity contribution in [1.82, 2.24) is 4.57 Å². The highest BCUT2D eigenvalue weighted by molar-refractivity contribution is 7.00. The highest BCUT2D eigenvalue weighted by atomic mass is 15.2. The van der Waals surface area contributed by atoms with Gasteiger partial charge in [-0.2, -0.15) is 0 Å². The Morgan fingerprint density at radius 1 is 0.306 bits per heavy atom. The molecule has 490 valence electrons. The van der Waals surface area contributed by atoms with Gasteiger partial charge in [-0.15, -0.1) is 0 Å². The molecule has 98 heavy (non-hydrogen) atoms. The molecule has 0 fully saturated rings. The Morgan fingerprint density at radius 2 is 0.724 bits per heavy atom. The zero-order chi connectivity index (χ0) is 68.5. The van der Waals surface area contributed by atoms with Crippen LogP contribution in [-0.4, -0.2) is 11.3 Å². The van der Waals surface area contributed by atoms with Crippen molar-refractivity contribution in [3.8, 4) is 50.2 Å². The van der Waals surface area contributed by atoms with E-state index < -0.39 is 0 Å². The Labute approximate surface area is 584 Å². The van der Waals surface area contributed by atoms with Crippen LogP contribution < -0.4 is 26.2 Å². The standard InChI is InChI=1S/C94H96BN3/c1-88(2,3)66-35-26-61(27-36-66)65-55-85-87-86(56-65)97(69-40-30-60(31-41-69)63-33-44-76-78(53-63)94(16,17)51-49-92(76,12)13)84-58-70(98-81-25-21-19-23-72(81)73-57-67(89(4,5)6)37-47-82(73)98)42-46-80(84)95(87)79-45-34-64(71-22-18-20-24-74(71)90(7,8)9)54-83(79)96(85)68-38-28-59(29-39-68)62-32-43-75-77(52-62)93(14,15)50-48-91(75,10)11/h18-47,52-58H,48-51H2,1-17H3. The van der Waals surface area contributed by atoms with Gasteiger partial charge in [0, 0.05) is 50.6 Å². The van der Waals surface area contributed by atoms with Gasteiger partial charge >= 0.3 is 0 Å². The van der Waals surface area contributed by atoms with Crippen LogP contribution in [0.1, 0.15) is 182 Å². The zero-order valence-electron chi connectivity index (χ0n) is 61.1. The molecule has 2 aliphatic heterocycles. The van der Waals surface area contributed by atoms with Crippen LogP contribution in [0, 0.1) is 0 Å². The highest BCUT2D eigenvalue weighted by Gasteiger charge is 2.45. The molecule has 0 saturated heterocycles. The van der Waals surface area contributed by atoms with Crippen molar-refractivity contribution in [2.75, 3.05) is 9.80 Å². The molecule has 4 aliphatic rings. The zero-order valence-corrected chi connectivity index (χ0v) is 61.1. The van der Waals surface area contributed by atoms with Crippen LogP contribution in [-0.2, 0) is 37.9 Å². The Morgan fingerprint density at radius 3 is 1.27 bits per heavy atom. The summed E-state index contributed by atoms with van der Waals surface area (Å²) in [5.41, 5.74) is 34.6. The minimum Gasteiger partial charge on any atom is -0.311 e. The molecule has 0 N–H and O–H groups in total. The van der Waals surface area contributed by atoms with E-state index in [1.165, 1.54) is 170 Å². The van der Waals surface area contributed by atoms with Crippen LogP contribution >= 0.6 is 0 Å². The summed E-state index contributed by atoms with van der Waals surface area (Å²) in [5, 5.41) is 2.54. The number of fused-ring (bicyclic) bond motifs is 9.